The first-order valence-electron chi connectivity index (χ1n) is 7.18. The molecule has 0 bridgehead atoms. The Balaban J connectivity index is 1.73. The molecule has 0 spiro atoms. The van der Waals surface area contributed by atoms with Crippen molar-refractivity contribution in [2.75, 3.05) is 6.26 Å². The van der Waals surface area contributed by atoms with Crippen LogP contribution >= 0.6 is 0 Å². The molecule has 2 aromatic rings. The highest BCUT2D eigenvalue weighted by atomic mass is 32.2. The van der Waals surface area contributed by atoms with Gasteiger partial charge in [0.25, 0.3) is 0 Å². The first-order valence-corrected chi connectivity index (χ1v) is 8.74. The van der Waals surface area contributed by atoms with Crippen LogP contribution in [0.1, 0.15) is 24.8 Å². The van der Waals surface area contributed by atoms with Crippen LogP contribution < -0.4 is 5.32 Å². The molecule has 3 rings (SSSR count). The van der Waals surface area contributed by atoms with Gasteiger partial charge in [-0.05, 0) is 24.8 Å². The first-order chi connectivity index (χ1) is 10.6. The lowest BCUT2D eigenvalue weighted by Gasteiger charge is -2.43. The predicted molar refractivity (Wildman–Crippen MR) is 82.5 cm³/mol. The van der Waals surface area contributed by atoms with E-state index in [4.69, 9.17) is 0 Å². The third-order valence-corrected chi connectivity index (χ3v) is 4.89. The monoisotopic (exact) mass is 318 g/mol. The fourth-order valence-corrected chi connectivity index (χ4v) is 3.41. The van der Waals surface area contributed by atoms with Gasteiger partial charge in [-0.2, -0.15) is 0 Å². The van der Waals surface area contributed by atoms with Gasteiger partial charge in [-0.25, -0.2) is 0 Å². The summed E-state index contributed by atoms with van der Waals surface area (Å²) in [5.41, 5.74) is 0.871. The average molecular weight is 318 g/mol. The standard InChI is InChI=1S/C15H18N4O2S/c1-22(21)14-18-16-11-19(14)10-13(20)17-15(8-5-9-15)12-6-3-2-4-7-12/h2-4,6-7,11H,5,8-10H2,1H3,(H,17,20)/t22-/m1/s1. The minimum Gasteiger partial charge on any atom is -0.345 e. The van der Waals surface area contributed by atoms with Crippen molar-refractivity contribution in [2.45, 2.75) is 36.5 Å². The second-order valence-corrected chi connectivity index (χ2v) is 6.82. The van der Waals surface area contributed by atoms with Gasteiger partial charge >= 0.3 is 0 Å². The second-order valence-electron chi connectivity index (χ2n) is 5.55. The van der Waals surface area contributed by atoms with Crippen molar-refractivity contribution in [3.8, 4) is 0 Å². The van der Waals surface area contributed by atoms with Gasteiger partial charge in [0.15, 0.2) is 0 Å². The number of rotatable bonds is 5. The third kappa shape index (κ3) is 2.81. The van der Waals surface area contributed by atoms with Crippen molar-refractivity contribution in [1.29, 1.82) is 0 Å². The summed E-state index contributed by atoms with van der Waals surface area (Å²) in [6, 6.07) is 10.0. The number of carbonyl (C=O) groups is 1. The minimum absolute atomic E-state index is 0.0799. The van der Waals surface area contributed by atoms with E-state index in [0.717, 1.165) is 24.8 Å². The molecule has 1 aliphatic rings. The van der Waals surface area contributed by atoms with Crippen LogP contribution in [-0.4, -0.2) is 31.1 Å². The van der Waals surface area contributed by atoms with Crippen LogP contribution in [0, 0.1) is 0 Å². The van der Waals surface area contributed by atoms with Gasteiger partial charge in [-0.1, -0.05) is 30.3 Å². The Morgan fingerprint density at radius 1 is 1.36 bits per heavy atom. The summed E-state index contributed by atoms with van der Waals surface area (Å²) in [6.45, 7) is 0.0799. The molecule has 116 valence electrons. The summed E-state index contributed by atoms with van der Waals surface area (Å²) in [4.78, 5) is 12.4. The normalized spacial score (nSPS) is 17.5. The fraction of sp³-hybridized carbons (Fsp3) is 0.400. The molecule has 7 heteroatoms. The van der Waals surface area contributed by atoms with Crippen LogP contribution in [0.5, 0.6) is 0 Å². The lowest BCUT2D eigenvalue weighted by atomic mass is 9.72. The third-order valence-electron chi connectivity index (χ3n) is 4.06. The van der Waals surface area contributed by atoms with E-state index >= 15 is 0 Å². The van der Waals surface area contributed by atoms with Gasteiger partial charge in [-0.3, -0.25) is 13.6 Å². The van der Waals surface area contributed by atoms with Crippen molar-refractivity contribution in [3.05, 3.63) is 42.2 Å². The molecule has 1 N–H and O–H groups in total. The van der Waals surface area contributed by atoms with E-state index in [1.165, 1.54) is 17.2 Å². The molecule has 6 nitrogen and oxygen atoms in total. The molecule has 0 unspecified atom stereocenters. The quantitative estimate of drug-likeness (QED) is 0.899. The van der Waals surface area contributed by atoms with Crippen LogP contribution in [-0.2, 0) is 27.7 Å². The Bertz CT molecular complexity index is 695. The maximum Gasteiger partial charge on any atom is 0.240 e. The SMILES string of the molecule is C[S@@](=O)c1nncn1CC(=O)NC1(c2ccccc2)CCC1. The lowest BCUT2D eigenvalue weighted by molar-refractivity contribution is -0.125. The molecule has 1 heterocycles. The Morgan fingerprint density at radius 3 is 2.68 bits per heavy atom. The summed E-state index contributed by atoms with van der Waals surface area (Å²) in [6.07, 6.45) is 5.95. The summed E-state index contributed by atoms with van der Waals surface area (Å²) in [7, 11) is -1.26. The molecule has 1 aliphatic carbocycles. The molecular weight excluding hydrogens is 300 g/mol. The molecule has 1 fully saturated rings. The van der Waals surface area contributed by atoms with E-state index in [1.807, 2.05) is 30.3 Å². The molecule has 0 saturated heterocycles. The van der Waals surface area contributed by atoms with Crippen LogP contribution in [0.2, 0.25) is 0 Å². The molecule has 1 saturated carbocycles. The van der Waals surface area contributed by atoms with Crippen LogP contribution in [0.25, 0.3) is 0 Å². The largest absolute Gasteiger partial charge is 0.345 e. The maximum atomic E-state index is 12.4. The highest BCUT2D eigenvalue weighted by molar-refractivity contribution is 7.84. The number of aromatic nitrogens is 3. The zero-order chi connectivity index (χ0) is 15.6. The number of nitrogens with one attached hydrogen (secondary N) is 1. The van der Waals surface area contributed by atoms with Crippen molar-refractivity contribution in [2.24, 2.45) is 0 Å². The molecule has 1 amide bonds. The summed E-state index contributed by atoms with van der Waals surface area (Å²) in [5.74, 6) is -0.116. The van der Waals surface area contributed by atoms with E-state index in [2.05, 4.69) is 15.5 Å². The van der Waals surface area contributed by atoms with E-state index in [-0.39, 0.29) is 18.0 Å². The highest BCUT2D eigenvalue weighted by Gasteiger charge is 2.39. The average Bonchev–Trinajstić information content (AvgIpc) is 2.92. The molecule has 22 heavy (non-hydrogen) atoms. The second kappa shape index (κ2) is 6.00. The topological polar surface area (TPSA) is 76.9 Å². The zero-order valence-corrected chi connectivity index (χ0v) is 13.2. The number of amides is 1. The number of carbonyl (C=O) groups excluding carboxylic acids is 1. The molecule has 0 radical (unpaired) electrons. The van der Waals surface area contributed by atoms with Crippen molar-refractivity contribution < 1.29 is 9.00 Å². The lowest BCUT2D eigenvalue weighted by Crippen LogP contribution is -2.51. The highest BCUT2D eigenvalue weighted by Crippen LogP contribution is 2.41. The summed E-state index contributed by atoms with van der Waals surface area (Å²) in [5, 5.41) is 11.0. The first kappa shape index (κ1) is 14.9. The van der Waals surface area contributed by atoms with Gasteiger partial charge in [0.1, 0.15) is 12.9 Å². The van der Waals surface area contributed by atoms with E-state index in [1.54, 1.807) is 0 Å². The van der Waals surface area contributed by atoms with Gasteiger partial charge < -0.3 is 5.32 Å². The smallest absolute Gasteiger partial charge is 0.240 e. The Morgan fingerprint density at radius 2 is 2.09 bits per heavy atom. The molecule has 1 aromatic carbocycles. The Kier molecular flexibility index (Phi) is 4.06. The van der Waals surface area contributed by atoms with Gasteiger partial charge in [0, 0.05) is 6.26 Å². The van der Waals surface area contributed by atoms with Gasteiger partial charge in [0.05, 0.1) is 16.3 Å². The van der Waals surface area contributed by atoms with Crippen molar-refractivity contribution in [1.82, 2.24) is 20.1 Å². The molecule has 1 atom stereocenters. The number of hydrogen-bond donors (Lipinski definition) is 1. The van der Waals surface area contributed by atoms with E-state index in [0.29, 0.717) is 5.16 Å². The zero-order valence-electron chi connectivity index (χ0n) is 12.4. The molecule has 1 aromatic heterocycles. The minimum atomic E-state index is -1.26. The number of hydrogen-bond acceptors (Lipinski definition) is 4. The summed E-state index contributed by atoms with van der Waals surface area (Å²) >= 11 is 0. The Labute approximate surface area is 131 Å². The van der Waals surface area contributed by atoms with Crippen LogP contribution in [0.3, 0.4) is 0 Å². The van der Waals surface area contributed by atoms with Gasteiger partial charge in [-0.15, -0.1) is 10.2 Å². The predicted octanol–water partition coefficient (Wildman–Crippen LogP) is 1.21. The summed E-state index contributed by atoms with van der Waals surface area (Å²) < 4.78 is 13.1. The molecular formula is C15H18N4O2S. The Hall–Kier alpha value is -2.02. The molecule has 0 aliphatic heterocycles. The van der Waals surface area contributed by atoms with E-state index < -0.39 is 10.8 Å². The maximum absolute atomic E-state index is 12.4. The number of benzene rings is 1. The van der Waals surface area contributed by atoms with Gasteiger partial charge in [0.2, 0.25) is 11.1 Å². The fourth-order valence-electron chi connectivity index (χ4n) is 2.81. The van der Waals surface area contributed by atoms with Crippen molar-refractivity contribution >= 4 is 16.7 Å². The van der Waals surface area contributed by atoms with Crippen molar-refractivity contribution in [3.63, 3.8) is 0 Å². The van der Waals surface area contributed by atoms with Crippen LogP contribution in [0.4, 0.5) is 0 Å². The number of nitrogens with zero attached hydrogens (tertiary/aromatic N) is 3. The van der Waals surface area contributed by atoms with Crippen LogP contribution in [0.15, 0.2) is 41.8 Å². The van der Waals surface area contributed by atoms with E-state index in [9.17, 15) is 9.00 Å².